The average molecular weight is 333 g/mol. The van der Waals surface area contributed by atoms with Crippen LogP contribution < -0.4 is 5.32 Å². The zero-order valence-corrected chi connectivity index (χ0v) is 11.5. The molecule has 16 heavy (non-hydrogen) atoms. The molecule has 1 aliphatic heterocycles. The summed E-state index contributed by atoms with van der Waals surface area (Å²) < 4.78 is 6.65. The second-order valence-corrected chi connectivity index (χ2v) is 5.02. The fourth-order valence-corrected chi connectivity index (χ4v) is 2.14. The summed E-state index contributed by atoms with van der Waals surface area (Å²) >= 11 is 2.25. The normalized spacial score (nSPS) is 20.0. The number of nitrogens with zero attached hydrogens (tertiary/aromatic N) is 2. The van der Waals surface area contributed by atoms with E-state index in [1.807, 2.05) is 6.20 Å². The van der Waals surface area contributed by atoms with Crippen LogP contribution in [0.1, 0.15) is 38.1 Å². The second-order valence-electron chi connectivity index (χ2n) is 3.85. The summed E-state index contributed by atoms with van der Waals surface area (Å²) in [5, 5.41) is 3.31. The Bertz CT molecular complexity index is 353. The van der Waals surface area contributed by atoms with E-state index in [2.05, 4.69) is 44.8 Å². The Morgan fingerprint density at radius 2 is 2.50 bits per heavy atom. The third-order valence-electron chi connectivity index (χ3n) is 2.52. The summed E-state index contributed by atoms with van der Waals surface area (Å²) in [6.07, 6.45) is 5.20. The summed E-state index contributed by atoms with van der Waals surface area (Å²) in [5.41, 5.74) is 0. The van der Waals surface area contributed by atoms with Crippen LogP contribution in [0.2, 0.25) is 0 Å². The standard InChI is InChI=1S/C11H16IN3O/c1-2-5-13-10-8(12)7-14-11(15-10)9-4-3-6-16-9/h7,9H,2-6H2,1H3,(H,13,14,15). The minimum Gasteiger partial charge on any atom is -0.370 e. The smallest absolute Gasteiger partial charge is 0.159 e. The molecule has 1 atom stereocenters. The molecule has 5 heteroatoms. The number of ether oxygens (including phenoxy) is 1. The van der Waals surface area contributed by atoms with Crippen LogP contribution in [0, 0.1) is 3.57 Å². The highest BCUT2D eigenvalue weighted by Crippen LogP contribution is 2.27. The number of halogens is 1. The van der Waals surface area contributed by atoms with Gasteiger partial charge in [-0.1, -0.05) is 6.92 Å². The number of hydrogen-bond acceptors (Lipinski definition) is 4. The Morgan fingerprint density at radius 3 is 3.19 bits per heavy atom. The van der Waals surface area contributed by atoms with Crippen molar-refractivity contribution in [2.75, 3.05) is 18.5 Å². The molecule has 1 unspecified atom stereocenters. The number of rotatable bonds is 4. The largest absolute Gasteiger partial charge is 0.370 e. The Morgan fingerprint density at radius 1 is 1.62 bits per heavy atom. The molecule has 0 bridgehead atoms. The molecule has 2 heterocycles. The molecule has 1 aliphatic rings. The fraction of sp³-hybridized carbons (Fsp3) is 0.636. The lowest BCUT2D eigenvalue weighted by Gasteiger charge is -2.11. The summed E-state index contributed by atoms with van der Waals surface area (Å²) in [4.78, 5) is 8.88. The van der Waals surface area contributed by atoms with Gasteiger partial charge in [-0.3, -0.25) is 0 Å². The van der Waals surface area contributed by atoms with Crippen LogP contribution in [0.3, 0.4) is 0 Å². The maximum absolute atomic E-state index is 5.58. The van der Waals surface area contributed by atoms with E-state index in [1.165, 1.54) is 0 Å². The zero-order chi connectivity index (χ0) is 11.4. The van der Waals surface area contributed by atoms with Gasteiger partial charge in [0.15, 0.2) is 5.82 Å². The van der Waals surface area contributed by atoms with Gasteiger partial charge in [-0.15, -0.1) is 0 Å². The minimum absolute atomic E-state index is 0.0965. The monoisotopic (exact) mass is 333 g/mol. The van der Waals surface area contributed by atoms with Gasteiger partial charge in [0.2, 0.25) is 0 Å². The summed E-state index contributed by atoms with van der Waals surface area (Å²) in [6.45, 7) is 3.91. The maximum Gasteiger partial charge on any atom is 0.159 e. The van der Waals surface area contributed by atoms with Gasteiger partial charge in [0.1, 0.15) is 11.9 Å². The van der Waals surface area contributed by atoms with Crippen LogP contribution >= 0.6 is 22.6 Å². The van der Waals surface area contributed by atoms with Gasteiger partial charge >= 0.3 is 0 Å². The average Bonchev–Trinajstić information content (AvgIpc) is 2.81. The van der Waals surface area contributed by atoms with Gasteiger partial charge < -0.3 is 10.1 Å². The van der Waals surface area contributed by atoms with Gasteiger partial charge in [0.25, 0.3) is 0 Å². The highest BCUT2D eigenvalue weighted by atomic mass is 127. The molecule has 0 radical (unpaired) electrons. The molecule has 0 aliphatic carbocycles. The Hall–Kier alpha value is -0.430. The number of anilines is 1. The van der Waals surface area contributed by atoms with Crippen LogP contribution in [-0.4, -0.2) is 23.1 Å². The number of aromatic nitrogens is 2. The number of nitrogens with one attached hydrogen (secondary N) is 1. The Balaban J connectivity index is 2.13. The first-order valence-electron chi connectivity index (χ1n) is 5.69. The van der Waals surface area contributed by atoms with Gasteiger partial charge in [0, 0.05) is 19.3 Å². The lowest BCUT2D eigenvalue weighted by molar-refractivity contribution is 0.105. The van der Waals surface area contributed by atoms with E-state index in [9.17, 15) is 0 Å². The first-order valence-corrected chi connectivity index (χ1v) is 6.77. The fourth-order valence-electron chi connectivity index (χ4n) is 1.68. The molecule has 0 aromatic carbocycles. The van der Waals surface area contributed by atoms with E-state index in [0.29, 0.717) is 0 Å². The molecule has 2 rings (SSSR count). The van der Waals surface area contributed by atoms with E-state index in [1.54, 1.807) is 0 Å². The van der Waals surface area contributed by atoms with E-state index in [-0.39, 0.29) is 6.10 Å². The first-order chi connectivity index (χ1) is 7.81. The molecule has 0 spiro atoms. The van der Waals surface area contributed by atoms with Crippen LogP contribution in [-0.2, 0) is 4.74 Å². The maximum atomic E-state index is 5.58. The molecular formula is C11H16IN3O. The highest BCUT2D eigenvalue weighted by Gasteiger charge is 2.21. The van der Waals surface area contributed by atoms with Crippen molar-refractivity contribution in [3.63, 3.8) is 0 Å². The molecule has 1 saturated heterocycles. The van der Waals surface area contributed by atoms with Crippen LogP contribution in [0.15, 0.2) is 6.20 Å². The van der Waals surface area contributed by atoms with Crippen molar-refractivity contribution in [1.29, 1.82) is 0 Å². The van der Waals surface area contributed by atoms with Gasteiger partial charge in [-0.05, 0) is 41.9 Å². The molecule has 1 aromatic rings. The Labute approximate surface area is 109 Å². The van der Waals surface area contributed by atoms with E-state index < -0.39 is 0 Å². The van der Waals surface area contributed by atoms with E-state index in [0.717, 1.165) is 47.6 Å². The SMILES string of the molecule is CCCNc1nc(C2CCCO2)ncc1I. The predicted octanol–water partition coefficient (Wildman–Crippen LogP) is 2.75. The van der Waals surface area contributed by atoms with Crippen LogP contribution in [0.5, 0.6) is 0 Å². The highest BCUT2D eigenvalue weighted by molar-refractivity contribution is 14.1. The lowest BCUT2D eigenvalue weighted by Crippen LogP contribution is -2.09. The first kappa shape index (κ1) is 12.0. The van der Waals surface area contributed by atoms with Gasteiger partial charge in [-0.25, -0.2) is 9.97 Å². The Kier molecular flexibility index (Phi) is 4.34. The zero-order valence-electron chi connectivity index (χ0n) is 9.37. The van der Waals surface area contributed by atoms with Crippen molar-refractivity contribution in [1.82, 2.24) is 9.97 Å². The second kappa shape index (κ2) is 5.77. The van der Waals surface area contributed by atoms with Crippen molar-refractivity contribution < 1.29 is 4.74 Å². The molecule has 0 amide bonds. The molecule has 1 N–H and O–H groups in total. The van der Waals surface area contributed by atoms with Crippen molar-refractivity contribution in [3.8, 4) is 0 Å². The van der Waals surface area contributed by atoms with Gasteiger partial charge in [0.05, 0.1) is 3.57 Å². The van der Waals surface area contributed by atoms with Gasteiger partial charge in [-0.2, -0.15) is 0 Å². The molecule has 4 nitrogen and oxygen atoms in total. The quantitative estimate of drug-likeness (QED) is 0.861. The van der Waals surface area contributed by atoms with Crippen molar-refractivity contribution in [3.05, 3.63) is 15.6 Å². The molecule has 0 saturated carbocycles. The third-order valence-corrected chi connectivity index (χ3v) is 3.31. The van der Waals surface area contributed by atoms with E-state index >= 15 is 0 Å². The third kappa shape index (κ3) is 2.82. The van der Waals surface area contributed by atoms with Crippen molar-refractivity contribution in [2.24, 2.45) is 0 Å². The van der Waals surface area contributed by atoms with Crippen LogP contribution in [0.4, 0.5) is 5.82 Å². The molecular weight excluding hydrogens is 317 g/mol. The summed E-state index contributed by atoms with van der Waals surface area (Å²) in [5.74, 6) is 1.75. The minimum atomic E-state index is 0.0965. The van der Waals surface area contributed by atoms with Crippen LogP contribution in [0.25, 0.3) is 0 Å². The summed E-state index contributed by atoms with van der Waals surface area (Å²) in [6, 6.07) is 0. The molecule has 88 valence electrons. The van der Waals surface area contributed by atoms with E-state index in [4.69, 9.17) is 4.74 Å². The van der Waals surface area contributed by atoms with Crippen molar-refractivity contribution >= 4 is 28.4 Å². The molecule has 1 fully saturated rings. The molecule has 1 aromatic heterocycles. The summed E-state index contributed by atoms with van der Waals surface area (Å²) in [7, 11) is 0. The number of hydrogen-bond donors (Lipinski definition) is 1. The lowest BCUT2D eigenvalue weighted by atomic mass is 10.2. The topological polar surface area (TPSA) is 47.0 Å². The van der Waals surface area contributed by atoms with Crippen molar-refractivity contribution in [2.45, 2.75) is 32.3 Å². The predicted molar refractivity (Wildman–Crippen MR) is 71.5 cm³/mol.